The Bertz CT molecular complexity index is 1010. The van der Waals surface area contributed by atoms with Crippen LogP contribution >= 0.6 is 0 Å². The standard InChI is InChI=1S/C22H22N2O5/c1-14-4-9-18(10-15(14)2)28-13-19-11-20(24-29-19)21(25)23-12-16-5-7-17(8-6-16)22(26)27-3/h4-11H,12-13H2,1-3H3,(H,23,25). The van der Waals surface area contributed by atoms with Crippen LogP contribution < -0.4 is 10.1 Å². The number of aromatic nitrogens is 1. The van der Waals surface area contributed by atoms with Crippen molar-refractivity contribution >= 4 is 11.9 Å². The number of esters is 1. The zero-order valence-electron chi connectivity index (χ0n) is 16.5. The number of nitrogens with zero attached hydrogens (tertiary/aromatic N) is 1. The Kier molecular flexibility index (Phi) is 6.29. The molecule has 1 amide bonds. The summed E-state index contributed by atoms with van der Waals surface area (Å²) in [5.74, 6) is 0.420. The third kappa shape index (κ3) is 5.22. The lowest BCUT2D eigenvalue weighted by Gasteiger charge is -2.06. The molecule has 7 heteroatoms. The summed E-state index contributed by atoms with van der Waals surface area (Å²) in [7, 11) is 1.33. The van der Waals surface area contributed by atoms with Gasteiger partial charge in [-0.15, -0.1) is 0 Å². The van der Waals surface area contributed by atoms with Crippen molar-refractivity contribution in [2.75, 3.05) is 7.11 Å². The molecule has 0 unspecified atom stereocenters. The minimum atomic E-state index is -0.404. The van der Waals surface area contributed by atoms with Crippen molar-refractivity contribution in [3.63, 3.8) is 0 Å². The highest BCUT2D eigenvalue weighted by Crippen LogP contribution is 2.18. The van der Waals surface area contributed by atoms with Gasteiger partial charge in [0.15, 0.2) is 11.5 Å². The van der Waals surface area contributed by atoms with Gasteiger partial charge in [0.2, 0.25) is 0 Å². The number of benzene rings is 2. The number of methoxy groups -OCH3 is 1. The van der Waals surface area contributed by atoms with Gasteiger partial charge in [-0.1, -0.05) is 23.4 Å². The van der Waals surface area contributed by atoms with E-state index in [1.54, 1.807) is 30.3 Å². The van der Waals surface area contributed by atoms with Crippen LogP contribution in [0.1, 0.15) is 43.3 Å². The topological polar surface area (TPSA) is 90.7 Å². The van der Waals surface area contributed by atoms with Gasteiger partial charge in [0.1, 0.15) is 12.4 Å². The molecule has 0 fully saturated rings. The van der Waals surface area contributed by atoms with E-state index in [0.29, 0.717) is 17.9 Å². The van der Waals surface area contributed by atoms with Crippen molar-refractivity contribution in [1.29, 1.82) is 0 Å². The Morgan fingerprint density at radius 2 is 1.79 bits per heavy atom. The average molecular weight is 394 g/mol. The fraction of sp³-hybridized carbons (Fsp3) is 0.227. The second-order valence-corrected chi connectivity index (χ2v) is 6.58. The SMILES string of the molecule is COC(=O)c1ccc(CNC(=O)c2cc(COc3ccc(C)c(C)c3)on2)cc1. The Labute approximate surface area is 168 Å². The number of carbonyl (C=O) groups is 2. The lowest BCUT2D eigenvalue weighted by atomic mass is 10.1. The minimum Gasteiger partial charge on any atom is -0.486 e. The van der Waals surface area contributed by atoms with Crippen LogP contribution in [-0.4, -0.2) is 24.1 Å². The fourth-order valence-electron chi connectivity index (χ4n) is 2.60. The number of ether oxygens (including phenoxy) is 2. The van der Waals surface area contributed by atoms with Crippen molar-refractivity contribution in [3.8, 4) is 5.75 Å². The van der Waals surface area contributed by atoms with E-state index in [1.165, 1.54) is 12.7 Å². The number of hydrogen-bond acceptors (Lipinski definition) is 6. The van der Waals surface area contributed by atoms with E-state index in [2.05, 4.69) is 15.2 Å². The molecule has 0 saturated carbocycles. The van der Waals surface area contributed by atoms with Crippen LogP contribution in [0.2, 0.25) is 0 Å². The molecule has 7 nitrogen and oxygen atoms in total. The zero-order valence-corrected chi connectivity index (χ0v) is 16.5. The van der Waals surface area contributed by atoms with Crippen LogP contribution in [0.15, 0.2) is 53.1 Å². The summed E-state index contributed by atoms with van der Waals surface area (Å²) in [5.41, 5.74) is 3.80. The van der Waals surface area contributed by atoms with E-state index in [-0.39, 0.29) is 18.2 Å². The van der Waals surface area contributed by atoms with Crippen molar-refractivity contribution in [2.24, 2.45) is 0 Å². The summed E-state index contributed by atoms with van der Waals surface area (Å²) in [4.78, 5) is 23.7. The van der Waals surface area contributed by atoms with E-state index in [1.807, 2.05) is 32.0 Å². The molecule has 0 spiro atoms. The molecule has 0 saturated heterocycles. The number of rotatable bonds is 7. The van der Waals surface area contributed by atoms with Gasteiger partial charge in [-0.05, 0) is 54.8 Å². The first kappa shape index (κ1) is 20.1. The van der Waals surface area contributed by atoms with Crippen LogP contribution in [-0.2, 0) is 17.9 Å². The summed E-state index contributed by atoms with van der Waals surface area (Å²) < 4.78 is 15.5. The normalized spacial score (nSPS) is 10.4. The van der Waals surface area contributed by atoms with Gasteiger partial charge in [-0.2, -0.15) is 0 Å². The first-order valence-corrected chi connectivity index (χ1v) is 9.07. The van der Waals surface area contributed by atoms with Gasteiger partial charge < -0.3 is 19.3 Å². The summed E-state index contributed by atoms with van der Waals surface area (Å²) in [6.07, 6.45) is 0. The van der Waals surface area contributed by atoms with Crippen molar-refractivity contribution in [3.05, 3.63) is 82.2 Å². The van der Waals surface area contributed by atoms with Gasteiger partial charge >= 0.3 is 5.97 Å². The molecule has 3 aromatic rings. The van der Waals surface area contributed by atoms with E-state index >= 15 is 0 Å². The molecule has 3 rings (SSSR count). The zero-order chi connectivity index (χ0) is 20.8. The molecule has 0 atom stereocenters. The van der Waals surface area contributed by atoms with Crippen LogP contribution in [0.4, 0.5) is 0 Å². The van der Waals surface area contributed by atoms with Crippen LogP contribution in [0.3, 0.4) is 0 Å². The smallest absolute Gasteiger partial charge is 0.337 e. The van der Waals surface area contributed by atoms with E-state index in [9.17, 15) is 9.59 Å². The Hall–Kier alpha value is -3.61. The maximum Gasteiger partial charge on any atom is 0.337 e. The van der Waals surface area contributed by atoms with Gasteiger partial charge in [-0.3, -0.25) is 4.79 Å². The molecule has 0 bridgehead atoms. The molecule has 150 valence electrons. The Morgan fingerprint density at radius 3 is 2.48 bits per heavy atom. The van der Waals surface area contributed by atoms with Gasteiger partial charge in [0, 0.05) is 12.6 Å². The molecule has 0 aliphatic heterocycles. The maximum atomic E-state index is 12.3. The van der Waals surface area contributed by atoms with Gasteiger partial charge in [-0.25, -0.2) is 4.79 Å². The van der Waals surface area contributed by atoms with Crippen LogP contribution in [0.25, 0.3) is 0 Å². The van der Waals surface area contributed by atoms with E-state index in [0.717, 1.165) is 16.9 Å². The number of hydrogen-bond donors (Lipinski definition) is 1. The molecule has 1 N–H and O–H groups in total. The highest BCUT2D eigenvalue weighted by molar-refractivity contribution is 5.92. The minimum absolute atomic E-state index is 0.176. The molecule has 1 heterocycles. The summed E-state index contributed by atoms with van der Waals surface area (Å²) in [5, 5.41) is 6.55. The fourth-order valence-corrected chi connectivity index (χ4v) is 2.60. The van der Waals surface area contributed by atoms with E-state index in [4.69, 9.17) is 9.26 Å². The first-order chi connectivity index (χ1) is 14.0. The molecular formula is C22H22N2O5. The Morgan fingerprint density at radius 1 is 1.03 bits per heavy atom. The summed E-state index contributed by atoms with van der Waals surface area (Å²) in [6, 6.07) is 14.2. The highest BCUT2D eigenvalue weighted by atomic mass is 16.5. The predicted molar refractivity (Wildman–Crippen MR) is 106 cm³/mol. The molecule has 0 radical (unpaired) electrons. The monoisotopic (exact) mass is 394 g/mol. The van der Waals surface area contributed by atoms with Crippen molar-refractivity contribution < 1.29 is 23.6 Å². The molecule has 29 heavy (non-hydrogen) atoms. The van der Waals surface area contributed by atoms with Gasteiger partial charge in [0.05, 0.1) is 12.7 Å². The highest BCUT2D eigenvalue weighted by Gasteiger charge is 2.13. The molecule has 0 aliphatic rings. The van der Waals surface area contributed by atoms with Crippen LogP contribution in [0, 0.1) is 13.8 Å². The molecule has 1 aromatic heterocycles. The quantitative estimate of drug-likeness (QED) is 0.616. The largest absolute Gasteiger partial charge is 0.486 e. The molecular weight excluding hydrogens is 372 g/mol. The van der Waals surface area contributed by atoms with Crippen LogP contribution in [0.5, 0.6) is 5.75 Å². The third-order valence-corrected chi connectivity index (χ3v) is 4.48. The predicted octanol–water partition coefficient (Wildman–Crippen LogP) is 3.59. The van der Waals surface area contributed by atoms with Crippen molar-refractivity contribution in [1.82, 2.24) is 10.5 Å². The third-order valence-electron chi connectivity index (χ3n) is 4.48. The average Bonchev–Trinajstić information content (AvgIpc) is 3.22. The summed E-state index contributed by atoms with van der Waals surface area (Å²) in [6.45, 7) is 4.52. The number of aryl methyl sites for hydroxylation is 2. The molecule has 0 aliphatic carbocycles. The number of amides is 1. The lowest BCUT2D eigenvalue weighted by molar-refractivity contribution is 0.0600. The second kappa shape index (κ2) is 9.05. The lowest BCUT2D eigenvalue weighted by Crippen LogP contribution is -2.23. The second-order valence-electron chi connectivity index (χ2n) is 6.58. The van der Waals surface area contributed by atoms with E-state index < -0.39 is 5.97 Å². The first-order valence-electron chi connectivity index (χ1n) is 9.07. The maximum absolute atomic E-state index is 12.3. The number of carbonyl (C=O) groups excluding carboxylic acids is 2. The summed E-state index contributed by atoms with van der Waals surface area (Å²) >= 11 is 0. The van der Waals surface area contributed by atoms with Crippen molar-refractivity contribution in [2.45, 2.75) is 27.0 Å². The number of nitrogens with one attached hydrogen (secondary N) is 1. The molecule has 2 aromatic carbocycles. The Balaban J connectivity index is 1.52. The van der Waals surface area contributed by atoms with Gasteiger partial charge in [0.25, 0.3) is 5.91 Å².